The molecule has 0 spiro atoms. The molecule has 1 fully saturated rings. The van der Waals surface area contributed by atoms with E-state index in [0.29, 0.717) is 5.75 Å². The highest BCUT2D eigenvalue weighted by molar-refractivity contribution is 5.53. The summed E-state index contributed by atoms with van der Waals surface area (Å²) >= 11 is 0. The molecule has 128 valence electrons. The van der Waals surface area contributed by atoms with Gasteiger partial charge in [-0.3, -0.25) is 0 Å². The fourth-order valence-corrected chi connectivity index (χ4v) is 4.60. The lowest BCUT2D eigenvalue weighted by atomic mass is 9.65. The summed E-state index contributed by atoms with van der Waals surface area (Å²) in [6, 6.07) is 4.05. The fourth-order valence-electron chi connectivity index (χ4n) is 4.60. The van der Waals surface area contributed by atoms with E-state index in [1.807, 2.05) is 12.1 Å². The van der Waals surface area contributed by atoms with Crippen LogP contribution >= 0.6 is 0 Å². The topological polar surface area (TPSA) is 41.9 Å². The van der Waals surface area contributed by atoms with Crippen molar-refractivity contribution >= 4 is 0 Å². The summed E-state index contributed by atoms with van der Waals surface area (Å²) in [6.07, 6.45) is 2.93. The second kappa shape index (κ2) is 5.67. The molecule has 1 aliphatic carbocycles. The number of nitrogens with zero attached hydrogens (tertiary/aromatic N) is 1. The zero-order valence-electron chi connectivity index (χ0n) is 15.0. The molecular weight excluding hydrogens is 290 g/mol. The van der Waals surface area contributed by atoms with Crippen LogP contribution in [-0.2, 0) is 12.0 Å². The van der Waals surface area contributed by atoms with E-state index < -0.39 is 5.60 Å². The first-order valence-electron chi connectivity index (χ1n) is 8.49. The predicted molar refractivity (Wildman–Crippen MR) is 91.1 cm³/mol. The van der Waals surface area contributed by atoms with Crippen molar-refractivity contribution in [3.8, 4) is 11.5 Å². The lowest BCUT2D eigenvalue weighted by Crippen LogP contribution is -2.49. The normalized spacial score (nSPS) is 27.7. The lowest BCUT2D eigenvalue weighted by Gasteiger charge is -2.46. The smallest absolute Gasteiger partial charge is 0.161 e. The van der Waals surface area contributed by atoms with E-state index in [1.54, 1.807) is 14.2 Å². The highest BCUT2D eigenvalue weighted by atomic mass is 16.5. The van der Waals surface area contributed by atoms with Gasteiger partial charge < -0.3 is 19.5 Å². The zero-order valence-corrected chi connectivity index (χ0v) is 15.0. The van der Waals surface area contributed by atoms with Gasteiger partial charge in [0.1, 0.15) is 0 Å². The molecule has 1 aromatic carbocycles. The van der Waals surface area contributed by atoms with Crippen LogP contribution in [-0.4, -0.2) is 44.4 Å². The van der Waals surface area contributed by atoms with Gasteiger partial charge in [-0.25, -0.2) is 0 Å². The highest BCUT2D eigenvalue weighted by Crippen LogP contribution is 2.57. The van der Waals surface area contributed by atoms with Gasteiger partial charge in [0, 0.05) is 5.41 Å². The van der Waals surface area contributed by atoms with Gasteiger partial charge in [-0.1, -0.05) is 13.8 Å². The maximum absolute atomic E-state index is 11.9. The van der Waals surface area contributed by atoms with E-state index in [4.69, 9.17) is 9.47 Å². The molecular formula is C19H29NO3. The maximum Gasteiger partial charge on any atom is 0.161 e. The van der Waals surface area contributed by atoms with Gasteiger partial charge in [0.05, 0.1) is 19.8 Å². The number of benzene rings is 1. The largest absolute Gasteiger partial charge is 0.493 e. The Labute approximate surface area is 139 Å². The Morgan fingerprint density at radius 1 is 1.09 bits per heavy atom. The van der Waals surface area contributed by atoms with Gasteiger partial charge in [0.25, 0.3) is 0 Å². The van der Waals surface area contributed by atoms with Crippen molar-refractivity contribution in [3.63, 3.8) is 0 Å². The van der Waals surface area contributed by atoms with Crippen LogP contribution in [0.5, 0.6) is 11.5 Å². The zero-order chi connectivity index (χ0) is 16.8. The Kier molecular flexibility index (Phi) is 4.09. The van der Waals surface area contributed by atoms with Crippen LogP contribution in [0.15, 0.2) is 12.1 Å². The van der Waals surface area contributed by atoms with Gasteiger partial charge in [0.15, 0.2) is 11.5 Å². The number of hydrogen-bond donors (Lipinski definition) is 1. The molecule has 4 heteroatoms. The number of aliphatic hydroxyl groups is 1. The van der Waals surface area contributed by atoms with E-state index in [-0.39, 0.29) is 11.3 Å². The van der Waals surface area contributed by atoms with Crippen LogP contribution in [0.25, 0.3) is 0 Å². The minimum atomic E-state index is -0.802. The molecule has 3 rings (SSSR count). The molecule has 1 saturated heterocycles. The van der Waals surface area contributed by atoms with Gasteiger partial charge in [-0.2, -0.15) is 0 Å². The van der Waals surface area contributed by atoms with E-state index in [1.165, 1.54) is 5.56 Å². The Morgan fingerprint density at radius 2 is 1.65 bits per heavy atom. The summed E-state index contributed by atoms with van der Waals surface area (Å²) in [5.41, 5.74) is 1.24. The monoisotopic (exact) mass is 319 g/mol. The molecule has 0 amide bonds. The van der Waals surface area contributed by atoms with Crippen LogP contribution < -0.4 is 9.47 Å². The first kappa shape index (κ1) is 16.6. The van der Waals surface area contributed by atoms with Crippen LogP contribution in [0.1, 0.15) is 37.8 Å². The third-order valence-corrected chi connectivity index (χ3v) is 5.99. The number of methoxy groups -OCH3 is 2. The van der Waals surface area contributed by atoms with E-state index in [0.717, 1.165) is 43.7 Å². The second-order valence-electron chi connectivity index (χ2n) is 7.77. The van der Waals surface area contributed by atoms with Gasteiger partial charge in [-0.15, -0.1) is 0 Å². The van der Waals surface area contributed by atoms with Gasteiger partial charge in [-0.05, 0) is 68.6 Å². The number of likely N-dealkylation sites (tertiary alicyclic amines) is 1. The molecule has 1 heterocycles. The van der Waals surface area contributed by atoms with Crippen LogP contribution in [0.4, 0.5) is 0 Å². The van der Waals surface area contributed by atoms with E-state index in [9.17, 15) is 5.11 Å². The number of fused-ring (bicyclic) bond motifs is 1. The minimum absolute atomic E-state index is 0.187. The van der Waals surface area contributed by atoms with Crippen LogP contribution in [0, 0.1) is 11.3 Å². The molecule has 0 bridgehead atoms. The van der Waals surface area contributed by atoms with E-state index >= 15 is 0 Å². The summed E-state index contributed by atoms with van der Waals surface area (Å²) < 4.78 is 10.9. The highest BCUT2D eigenvalue weighted by Gasteiger charge is 2.56. The SMILES string of the molecule is COc1cc2c(cc1OC)C(O)(C1CCN(C)CC1)C(C)(C)C2. The van der Waals surface area contributed by atoms with Crippen molar-refractivity contribution in [3.05, 3.63) is 23.3 Å². The third kappa shape index (κ3) is 2.43. The van der Waals surface area contributed by atoms with Crippen molar-refractivity contribution in [2.45, 2.75) is 38.7 Å². The molecule has 4 nitrogen and oxygen atoms in total. The first-order chi connectivity index (χ1) is 10.8. The van der Waals surface area contributed by atoms with Crippen LogP contribution in [0.2, 0.25) is 0 Å². The molecule has 1 aromatic rings. The molecule has 1 N–H and O–H groups in total. The summed E-state index contributed by atoms with van der Waals surface area (Å²) in [5, 5.41) is 11.9. The van der Waals surface area contributed by atoms with Crippen molar-refractivity contribution in [2.24, 2.45) is 11.3 Å². The predicted octanol–water partition coefficient (Wildman–Crippen LogP) is 2.82. The maximum atomic E-state index is 11.9. The average molecular weight is 319 g/mol. The van der Waals surface area contributed by atoms with Crippen molar-refractivity contribution < 1.29 is 14.6 Å². The molecule has 0 saturated carbocycles. The summed E-state index contributed by atoms with van der Waals surface area (Å²) in [6.45, 7) is 6.46. The first-order valence-corrected chi connectivity index (χ1v) is 8.49. The Hall–Kier alpha value is -1.26. The molecule has 2 aliphatic rings. The van der Waals surface area contributed by atoms with Crippen molar-refractivity contribution in [1.82, 2.24) is 4.90 Å². The Morgan fingerprint density at radius 3 is 2.22 bits per heavy atom. The Bertz CT molecular complexity index is 591. The average Bonchev–Trinajstić information content (AvgIpc) is 2.73. The molecule has 0 radical (unpaired) electrons. The quantitative estimate of drug-likeness (QED) is 0.930. The molecule has 1 aliphatic heterocycles. The summed E-state index contributed by atoms with van der Waals surface area (Å²) in [7, 11) is 5.47. The van der Waals surface area contributed by atoms with Crippen molar-refractivity contribution in [1.29, 1.82) is 0 Å². The van der Waals surface area contributed by atoms with E-state index in [2.05, 4.69) is 25.8 Å². The summed E-state index contributed by atoms with van der Waals surface area (Å²) in [5.74, 6) is 1.73. The van der Waals surface area contributed by atoms with Gasteiger partial charge in [0.2, 0.25) is 0 Å². The minimum Gasteiger partial charge on any atom is -0.493 e. The Balaban J connectivity index is 2.07. The second-order valence-corrected chi connectivity index (χ2v) is 7.77. The third-order valence-electron chi connectivity index (χ3n) is 5.99. The number of hydrogen-bond acceptors (Lipinski definition) is 4. The fraction of sp³-hybridized carbons (Fsp3) is 0.684. The molecule has 0 aromatic heterocycles. The molecule has 23 heavy (non-hydrogen) atoms. The molecule has 1 unspecified atom stereocenters. The summed E-state index contributed by atoms with van der Waals surface area (Å²) in [4.78, 5) is 2.34. The van der Waals surface area contributed by atoms with Gasteiger partial charge >= 0.3 is 0 Å². The van der Waals surface area contributed by atoms with Crippen molar-refractivity contribution in [2.75, 3.05) is 34.4 Å². The van der Waals surface area contributed by atoms with Crippen LogP contribution in [0.3, 0.4) is 0 Å². The number of rotatable bonds is 3. The number of ether oxygens (including phenoxy) is 2. The number of piperidine rings is 1. The molecule has 1 atom stereocenters. The lowest BCUT2D eigenvalue weighted by molar-refractivity contribution is -0.121. The standard InChI is InChI=1S/C19H29NO3/c1-18(2)12-13-10-16(22-4)17(23-5)11-15(13)19(18,21)14-6-8-20(3)9-7-14/h10-11,14,21H,6-9,12H2,1-5H3.